The Hall–Kier alpha value is -2.89. The molecule has 0 radical (unpaired) electrons. The van der Waals surface area contributed by atoms with Gasteiger partial charge in [0, 0.05) is 6.20 Å². The summed E-state index contributed by atoms with van der Waals surface area (Å²) in [5.41, 5.74) is 1.23. The molecule has 0 saturated carbocycles. The van der Waals surface area contributed by atoms with Crippen LogP contribution in [0.15, 0.2) is 48.7 Å². The zero-order valence-corrected chi connectivity index (χ0v) is 15.1. The summed E-state index contributed by atoms with van der Waals surface area (Å²) in [6, 6.07) is 12.8. The van der Waals surface area contributed by atoms with Crippen LogP contribution in [0.2, 0.25) is 0 Å². The maximum absolute atomic E-state index is 12.2. The minimum Gasteiger partial charge on any atom is -0.477 e. The van der Waals surface area contributed by atoms with Crippen LogP contribution in [-0.4, -0.2) is 30.1 Å². The standard InChI is InChI=1S/C20H24N2O4/c1-3-9-17(15-10-6-5-7-11-15)22-18(23)14-26-20(24)16-12-8-13-21-19(16)25-4-2/h5-8,10-13,17H,3-4,9,14H2,1-2H3,(H,22,23). The van der Waals surface area contributed by atoms with Crippen molar-refractivity contribution in [3.8, 4) is 5.88 Å². The van der Waals surface area contributed by atoms with Crippen molar-refractivity contribution < 1.29 is 19.1 Å². The van der Waals surface area contributed by atoms with Gasteiger partial charge in [0.1, 0.15) is 5.56 Å². The highest BCUT2D eigenvalue weighted by atomic mass is 16.5. The van der Waals surface area contributed by atoms with Gasteiger partial charge in [0.2, 0.25) is 5.88 Å². The highest BCUT2D eigenvalue weighted by Crippen LogP contribution is 2.18. The first kappa shape index (κ1) is 19.4. The van der Waals surface area contributed by atoms with Gasteiger partial charge >= 0.3 is 5.97 Å². The molecule has 0 bridgehead atoms. The van der Waals surface area contributed by atoms with Crippen LogP contribution in [0.25, 0.3) is 0 Å². The molecule has 2 aromatic rings. The third-order valence-corrected chi connectivity index (χ3v) is 3.72. The third-order valence-electron chi connectivity index (χ3n) is 3.72. The number of aromatic nitrogens is 1. The molecule has 26 heavy (non-hydrogen) atoms. The number of carbonyl (C=O) groups excluding carboxylic acids is 2. The third kappa shape index (κ3) is 5.58. The molecule has 138 valence electrons. The summed E-state index contributed by atoms with van der Waals surface area (Å²) in [6.07, 6.45) is 3.26. The Bertz CT molecular complexity index is 719. The van der Waals surface area contributed by atoms with E-state index in [9.17, 15) is 9.59 Å². The van der Waals surface area contributed by atoms with Gasteiger partial charge in [0.25, 0.3) is 5.91 Å². The molecule has 1 aromatic carbocycles. The van der Waals surface area contributed by atoms with Crippen LogP contribution >= 0.6 is 0 Å². The van der Waals surface area contributed by atoms with E-state index in [1.807, 2.05) is 30.3 Å². The molecule has 1 heterocycles. The second kappa shape index (κ2) is 10.2. The molecule has 0 aliphatic rings. The van der Waals surface area contributed by atoms with Crippen molar-refractivity contribution in [1.29, 1.82) is 0 Å². The minimum atomic E-state index is -0.636. The van der Waals surface area contributed by atoms with Crippen LogP contribution in [0.5, 0.6) is 5.88 Å². The fraction of sp³-hybridized carbons (Fsp3) is 0.350. The number of nitrogens with zero attached hydrogens (tertiary/aromatic N) is 1. The van der Waals surface area contributed by atoms with Crippen molar-refractivity contribution in [2.24, 2.45) is 0 Å². The van der Waals surface area contributed by atoms with Crippen molar-refractivity contribution in [3.63, 3.8) is 0 Å². The van der Waals surface area contributed by atoms with Crippen molar-refractivity contribution in [2.45, 2.75) is 32.7 Å². The summed E-state index contributed by atoms with van der Waals surface area (Å²) >= 11 is 0. The van der Waals surface area contributed by atoms with Crippen LogP contribution in [0.3, 0.4) is 0 Å². The number of ether oxygens (including phenoxy) is 2. The van der Waals surface area contributed by atoms with Crippen molar-refractivity contribution >= 4 is 11.9 Å². The zero-order chi connectivity index (χ0) is 18.8. The second-order valence-corrected chi connectivity index (χ2v) is 5.68. The van der Waals surface area contributed by atoms with Gasteiger partial charge in [0.05, 0.1) is 12.6 Å². The van der Waals surface area contributed by atoms with Crippen LogP contribution in [0.1, 0.15) is 48.7 Å². The number of hydrogen-bond acceptors (Lipinski definition) is 5. The molecule has 0 saturated heterocycles. The Morgan fingerprint density at radius 1 is 1.12 bits per heavy atom. The number of pyridine rings is 1. The van der Waals surface area contributed by atoms with Gasteiger partial charge in [-0.3, -0.25) is 4.79 Å². The van der Waals surface area contributed by atoms with Gasteiger partial charge < -0.3 is 14.8 Å². The molecule has 6 nitrogen and oxygen atoms in total. The highest BCUT2D eigenvalue weighted by Gasteiger charge is 2.18. The van der Waals surface area contributed by atoms with E-state index in [-0.39, 0.29) is 30.0 Å². The van der Waals surface area contributed by atoms with E-state index in [1.165, 1.54) is 6.20 Å². The lowest BCUT2D eigenvalue weighted by Crippen LogP contribution is -2.32. The molecule has 2 rings (SSSR count). The second-order valence-electron chi connectivity index (χ2n) is 5.68. The first-order chi connectivity index (χ1) is 12.7. The minimum absolute atomic E-state index is 0.107. The SMILES string of the molecule is CCCC(NC(=O)COC(=O)c1cccnc1OCC)c1ccccc1. The topological polar surface area (TPSA) is 77.5 Å². The summed E-state index contributed by atoms with van der Waals surface area (Å²) in [7, 11) is 0. The molecular formula is C20H24N2O4. The number of amides is 1. The number of esters is 1. The largest absolute Gasteiger partial charge is 0.477 e. The van der Waals surface area contributed by atoms with Gasteiger partial charge in [0.15, 0.2) is 6.61 Å². The Labute approximate surface area is 153 Å². The quantitative estimate of drug-likeness (QED) is 0.698. The zero-order valence-electron chi connectivity index (χ0n) is 15.1. The van der Waals surface area contributed by atoms with E-state index >= 15 is 0 Å². The predicted molar refractivity (Wildman–Crippen MR) is 97.9 cm³/mol. The molecule has 1 atom stereocenters. The van der Waals surface area contributed by atoms with Crippen LogP contribution in [-0.2, 0) is 9.53 Å². The molecule has 1 aromatic heterocycles. The van der Waals surface area contributed by atoms with Crippen LogP contribution < -0.4 is 10.1 Å². The highest BCUT2D eigenvalue weighted by molar-refractivity contribution is 5.93. The molecule has 1 unspecified atom stereocenters. The fourth-order valence-electron chi connectivity index (χ4n) is 2.54. The predicted octanol–water partition coefficient (Wildman–Crippen LogP) is 3.29. The lowest BCUT2D eigenvalue weighted by molar-refractivity contribution is -0.125. The average molecular weight is 356 g/mol. The Morgan fingerprint density at radius 3 is 2.58 bits per heavy atom. The summed E-state index contributed by atoms with van der Waals surface area (Å²) < 4.78 is 10.4. The Morgan fingerprint density at radius 2 is 1.88 bits per heavy atom. The summed E-state index contributed by atoms with van der Waals surface area (Å²) in [5, 5.41) is 2.92. The first-order valence-electron chi connectivity index (χ1n) is 8.75. The van der Waals surface area contributed by atoms with E-state index in [2.05, 4.69) is 17.2 Å². The summed E-state index contributed by atoms with van der Waals surface area (Å²) in [5.74, 6) is -0.778. The monoisotopic (exact) mass is 356 g/mol. The molecule has 1 N–H and O–H groups in total. The van der Waals surface area contributed by atoms with E-state index < -0.39 is 5.97 Å². The van der Waals surface area contributed by atoms with Crippen molar-refractivity contribution in [2.75, 3.05) is 13.2 Å². The maximum atomic E-state index is 12.2. The Balaban J connectivity index is 1.94. The number of carbonyl (C=O) groups is 2. The molecular weight excluding hydrogens is 332 g/mol. The van der Waals surface area contributed by atoms with E-state index in [0.717, 1.165) is 18.4 Å². The molecule has 0 fully saturated rings. The molecule has 1 amide bonds. The normalized spacial score (nSPS) is 11.5. The summed E-state index contributed by atoms with van der Waals surface area (Å²) in [4.78, 5) is 28.4. The number of nitrogens with one attached hydrogen (secondary N) is 1. The van der Waals surface area contributed by atoms with Gasteiger partial charge in [-0.05, 0) is 31.0 Å². The smallest absolute Gasteiger partial charge is 0.344 e. The molecule has 6 heteroatoms. The average Bonchev–Trinajstić information content (AvgIpc) is 2.67. The molecule has 0 spiro atoms. The van der Waals surface area contributed by atoms with Gasteiger partial charge in [-0.25, -0.2) is 9.78 Å². The molecule has 0 aliphatic heterocycles. The lowest BCUT2D eigenvalue weighted by Gasteiger charge is -2.18. The Kier molecular flexibility index (Phi) is 7.61. The van der Waals surface area contributed by atoms with Gasteiger partial charge in [-0.2, -0.15) is 0 Å². The summed E-state index contributed by atoms with van der Waals surface area (Å²) in [6.45, 7) is 3.88. The van der Waals surface area contributed by atoms with Crippen molar-refractivity contribution in [3.05, 3.63) is 59.8 Å². The maximum Gasteiger partial charge on any atom is 0.344 e. The number of rotatable bonds is 9. The van der Waals surface area contributed by atoms with Crippen LogP contribution in [0.4, 0.5) is 0 Å². The lowest BCUT2D eigenvalue weighted by atomic mass is 10.0. The van der Waals surface area contributed by atoms with Crippen LogP contribution in [0, 0.1) is 0 Å². The first-order valence-corrected chi connectivity index (χ1v) is 8.75. The van der Waals surface area contributed by atoms with Gasteiger partial charge in [-0.1, -0.05) is 43.7 Å². The van der Waals surface area contributed by atoms with Gasteiger partial charge in [-0.15, -0.1) is 0 Å². The number of hydrogen-bond donors (Lipinski definition) is 1. The van der Waals surface area contributed by atoms with E-state index in [1.54, 1.807) is 19.1 Å². The van der Waals surface area contributed by atoms with Crippen molar-refractivity contribution in [1.82, 2.24) is 10.3 Å². The fourth-order valence-corrected chi connectivity index (χ4v) is 2.54. The van der Waals surface area contributed by atoms with E-state index in [0.29, 0.717) is 6.61 Å². The molecule has 0 aliphatic carbocycles. The van der Waals surface area contributed by atoms with E-state index in [4.69, 9.17) is 9.47 Å². The number of benzene rings is 1.